The molecule has 18 heavy (non-hydrogen) atoms. The predicted octanol–water partition coefficient (Wildman–Crippen LogP) is 1.37. The number of ether oxygens (including phenoxy) is 1. The molecule has 0 spiro atoms. The van der Waals surface area contributed by atoms with Gasteiger partial charge in [0.25, 0.3) is 0 Å². The van der Waals surface area contributed by atoms with Crippen molar-refractivity contribution in [2.45, 2.75) is 19.4 Å². The lowest BCUT2D eigenvalue weighted by atomic mass is 10.3. The number of hydrogen-bond donors (Lipinski definition) is 1. The topological polar surface area (TPSA) is 67.3 Å². The summed E-state index contributed by atoms with van der Waals surface area (Å²) in [6, 6.07) is 1.81. The van der Waals surface area contributed by atoms with E-state index in [0.29, 0.717) is 17.5 Å². The number of anilines is 1. The third kappa shape index (κ3) is 3.01. The van der Waals surface area contributed by atoms with Gasteiger partial charge in [-0.3, -0.25) is 0 Å². The molecule has 0 aliphatic carbocycles. The molecule has 1 aliphatic heterocycles. The lowest BCUT2D eigenvalue weighted by molar-refractivity contribution is 0.167. The molecule has 1 saturated heterocycles. The fourth-order valence-corrected chi connectivity index (χ4v) is 2.21. The van der Waals surface area contributed by atoms with Gasteiger partial charge in [0.15, 0.2) is 0 Å². The molecule has 7 heteroatoms. The highest BCUT2D eigenvalue weighted by Gasteiger charge is 2.25. The molecule has 1 fully saturated rings. The minimum atomic E-state index is -0.404. The van der Waals surface area contributed by atoms with Crippen LogP contribution < -0.4 is 10.2 Å². The monoisotopic (exact) mass is 270 g/mol. The van der Waals surface area contributed by atoms with Gasteiger partial charge in [-0.25, -0.2) is 14.8 Å². The minimum absolute atomic E-state index is 0.0755. The van der Waals surface area contributed by atoms with Crippen molar-refractivity contribution in [3.63, 3.8) is 0 Å². The zero-order chi connectivity index (χ0) is 13.1. The van der Waals surface area contributed by atoms with Crippen LogP contribution in [0.2, 0.25) is 5.15 Å². The van der Waals surface area contributed by atoms with Gasteiger partial charge in [-0.2, -0.15) is 0 Å². The number of aromatic nitrogens is 2. The number of hydrogen-bond acceptors (Lipinski definition) is 5. The Hall–Kier alpha value is -1.56. The molecule has 1 aliphatic rings. The van der Waals surface area contributed by atoms with Gasteiger partial charge in [-0.1, -0.05) is 11.6 Å². The van der Waals surface area contributed by atoms with E-state index in [2.05, 4.69) is 24.9 Å². The first-order valence-electron chi connectivity index (χ1n) is 5.69. The highest BCUT2D eigenvalue weighted by atomic mass is 35.5. The second kappa shape index (κ2) is 5.39. The molecule has 98 valence electrons. The van der Waals surface area contributed by atoms with Crippen molar-refractivity contribution in [3.05, 3.63) is 17.0 Å². The van der Waals surface area contributed by atoms with Gasteiger partial charge in [-0.05, 0) is 13.3 Å². The number of aryl methyl sites for hydroxylation is 1. The number of methoxy groups -OCH3 is 1. The first-order chi connectivity index (χ1) is 8.58. The van der Waals surface area contributed by atoms with Crippen LogP contribution in [0.25, 0.3) is 0 Å². The van der Waals surface area contributed by atoms with Crippen LogP contribution in [0.3, 0.4) is 0 Å². The summed E-state index contributed by atoms with van der Waals surface area (Å²) in [7, 11) is 1.36. The lowest BCUT2D eigenvalue weighted by Gasteiger charge is -2.18. The Kier molecular flexibility index (Phi) is 3.86. The summed E-state index contributed by atoms with van der Waals surface area (Å²) >= 11 is 5.90. The van der Waals surface area contributed by atoms with E-state index in [4.69, 9.17) is 11.6 Å². The molecule has 1 unspecified atom stereocenters. The van der Waals surface area contributed by atoms with Crippen molar-refractivity contribution in [1.82, 2.24) is 15.3 Å². The fraction of sp³-hybridized carbons (Fsp3) is 0.545. The highest BCUT2D eigenvalue weighted by molar-refractivity contribution is 6.29. The van der Waals surface area contributed by atoms with Crippen molar-refractivity contribution in [3.8, 4) is 0 Å². The number of alkyl carbamates (subject to hydrolysis) is 1. The Morgan fingerprint density at radius 2 is 2.39 bits per heavy atom. The molecular weight excluding hydrogens is 256 g/mol. The van der Waals surface area contributed by atoms with Crippen LogP contribution in [0.15, 0.2) is 6.07 Å². The smallest absolute Gasteiger partial charge is 0.407 e. The standard InChI is InChI=1S/C11H15ClN4O2/c1-7-13-9(12)5-10(14-7)16-4-3-8(6-16)15-11(17)18-2/h5,8H,3-4,6H2,1-2H3,(H,15,17). The predicted molar refractivity (Wildman–Crippen MR) is 67.9 cm³/mol. The molecular formula is C11H15ClN4O2. The number of nitrogens with zero attached hydrogens (tertiary/aromatic N) is 3. The summed E-state index contributed by atoms with van der Waals surface area (Å²) in [6.07, 6.45) is 0.453. The molecule has 2 heterocycles. The summed E-state index contributed by atoms with van der Waals surface area (Å²) in [5, 5.41) is 3.21. The molecule has 0 radical (unpaired) electrons. The average Bonchev–Trinajstić information content (AvgIpc) is 2.76. The number of carbonyl (C=O) groups excluding carboxylic acids is 1. The van der Waals surface area contributed by atoms with Crippen molar-refractivity contribution < 1.29 is 9.53 Å². The number of amides is 1. The van der Waals surface area contributed by atoms with E-state index in [-0.39, 0.29) is 6.04 Å². The molecule has 0 aromatic carbocycles. The Morgan fingerprint density at radius 3 is 3.06 bits per heavy atom. The first kappa shape index (κ1) is 12.9. The van der Waals surface area contributed by atoms with Crippen LogP contribution in [0.5, 0.6) is 0 Å². The van der Waals surface area contributed by atoms with Crippen LogP contribution in [0.1, 0.15) is 12.2 Å². The summed E-state index contributed by atoms with van der Waals surface area (Å²) in [5.74, 6) is 1.43. The van der Waals surface area contributed by atoms with Gasteiger partial charge >= 0.3 is 6.09 Å². The maximum Gasteiger partial charge on any atom is 0.407 e. The first-order valence-corrected chi connectivity index (χ1v) is 6.07. The van der Waals surface area contributed by atoms with Crippen LogP contribution >= 0.6 is 11.6 Å². The van der Waals surface area contributed by atoms with Crippen molar-refractivity contribution in [2.24, 2.45) is 0 Å². The van der Waals surface area contributed by atoms with E-state index in [9.17, 15) is 4.79 Å². The summed E-state index contributed by atoms with van der Waals surface area (Å²) < 4.78 is 4.58. The van der Waals surface area contributed by atoms with Gasteiger partial charge in [0.1, 0.15) is 16.8 Å². The van der Waals surface area contributed by atoms with Crippen molar-refractivity contribution >= 4 is 23.5 Å². The van der Waals surface area contributed by atoms with Crippen LogP contribution in [-0.4, -0.2) is 42.3 Å². The van der Waals surface area contributed by atoms with Crippen LogP contribution in [-0.2, 0) is 4.74 Å². The third-order valence-corrected chi connectivity index (χ3v) is 3.01. The van der Waals surface area contributed by atoms with Crippen LogP contribution in [0, 0.1) is 6.92 Å². The Labute approximate surface area is 110 Å². The maximum absolute atomic E-state index is 11.1. The second-order valence-electron chi connectivity index (χ2n) is 4.16. The molecule has 1 aromatic heterocycles. The van der Waals surface area contributed by atoms with Crippen molar-refractivity contribution in [2.75, 3.05) is 25.1 Å². The Morgan fingerprint density at radius 1 is 1.61 bits per heavy atom. The van der Waals surface area contributed by atoms with E-state index in [1.165, 1.54) is 7.11 Å². The highest BCUT2D eigenvalue weighted by Crippen LogP contribution is 2.20. The molecule has 1 aromatic rings. The normalized spacial score (nSPS) is 18.8. The van der Waals surface area contributed by atoms with Gasteiger partial charge in [0.2, 0.25) is 0 Å². The van der Waals surface area contributed by atoms with E-state index in [1.54, 1.807) is 13.0 Å². The molecule has 2 rings (SSSR count). The Bertz CT molecular complexity index is 434. The molecule has 0 bridgehead atoms. The van der Waals surface area contributed by atoms with Crippen molar-refractivity contribution in [1.29, 1.82) is 0 Å². The van der Waals surface area contributed by atoms with Gasteiger partial charge in [-0.15, -0.1) is 0 Å². The maximum atomic E-state index is 11.1. The third-order valence-electron chi connectivity index (χ3n) is 2.81. The van der Waals surface area contributed by atoms with E-state index < -0.39 is 6.09 Å². The molecule has 1 N–H and O–H groups in total. The van der Waals surface area contributed by atoms with Gasteiger partial charge in [0, 0.05) is 19.2 Å². The summed E-state index contributed by atoms with van der Waals surface area (Å²) in [6.45, 7) is 3.32. The summed E-state index contributed by atoms with van der Waals surface area (Å²) in [4.78, 5) is 21.6. The number of halogens is 1. The van der Waals surface area contributed by atoms with E-state index in [1.807, 2.05) is 0 Å². The fourth-order valence-electron chi connectivity index (χ4n) is 1.99. The molecule has 1 atom stereocenters. The number of nitrogens with one attached hydrogen (secondary N) is 1. The molecule has 6 nitrogen and oxygen atoms in total. The Balaban J connectivity index is 2.01. The average molecular weight is 271 g/mol. The minimum Gasteiger partial charge on any atom is -0.453 e. The van der Waals surface area contributed by atoms with E-state index >= 15 is 0 Å². The quantitative estimate of drug-likeness (QED) is 0.822. The zero-order valence-electron chi connectivity index (χ0n) is 10.3. The molecule has 1 amide bonds. The largest absolute Gasteiger partial charge is 0.453 e. The number of carbonyl (C=O) groups is 1. The SMILES string of the molecule is COC(=O)NC1CCN(c2cc(Cl)nc(C)n2)C1. The van der Waals surface area contributed by atoms with E-state index in [0.717, 1.165) is 18.8 Å². The molecule has 0 saturated carbocycles. The zero-order valence-corrected chi connectivity index (χ0v) is 11.1. The lowest BCUT2D eigenvalue weighted by Crippen LogP contribution is -2.37. The number of rotatable bonds is 2. The van der Waals surface area contributed by atoms with Crippen LogP contribution in [0.4, 0.5) is 10.6 Å². The van der Waals surface area contributed by atoms with Gasteiger partial charge < -0.3 is 15.0 Å². The summed E-state index contributed by atoms with van der Waals surface area (Å²) in [5.41, 5.74) is 0. The van der Waals surface area contributed by atoms with Gasteiger partial charge in [0.05, 0.1) is 13.2 Å². The second-order valence-corrected chi connectivity index (χ2v) is 4.55.